The first-order chi connectivity index (χ1) is 18.3. The van der Waals surface area contributed by atoms with E-state index >= 15 is 0 Å². The predicted molar refractivity (Wildman–Crippen MR) is 149 cm³/mol. The summed E-state index contributed by atoms with van der Waals surface area (Å²) in [5, 5.41) is 13.3. The fourth-order valence-corrected chi connectivity index (χ4v) is 4.98. The molecule has 0 heterocycles. The lowest BCUT2D eigenvalue weighted by atomic mass is 9.84. The maximum Gasteiger partial charge on any atom is 0.309 e. The van der Waals surface area contributed by atoms with Crippen LogP contribution in [0.1, 0.15) is 61.3 Å². The number of hydrogen-bond acceptors (Lipinski definition) is 4. The summed E-state index contributed by atoms with van der Waals surface area (Å²) in [6.07, 6.45) is 3.52. The number of rotatable bonds is 10. The molecule has 0 aromatic heterocycles. The van der Waals surface area contributed by atoms with Crippen molar-refractivity contribution in [1.82, 2.24) is 5.32 Å². The van der Waals surface area contributed by atoms with Crippen molar-refractivity contribution in [2.24, 2.45) is 5.92 Å². The Balaban J connectivity index is 1.60. The Morgan fingerprint density at radius 3 is 2.39 bits per heavy atom. The molecule has 0 spiro atoms. The summed E-state index contributed by atoms with van der Waals surface area (Å²) in [5.74, 6) is -0.908. The number of halogens is 1. The molecular formula is C32H33ClN2O3. The third-order valence-corrected chi connectivity index (χ3v) is 7.66. The van der Waals surface area contributed by atoms with Gasteiger partial charge in [-0.3, -0.25) is 9.59 Å². The number of nitrogens with one attached hydrogen (secondary N) is 1. The number of nitrogens with zero attached hydrogens (tertiary/aromatic N) is 1. The smallest absolute Gasteiger partial charge is 0.309 e. The van der Waals surface area contributed by atoms with Gasteiger partial charge in [0.25, 0.3) is 5.91 Å². The van der Waals surface area contributed by atoms with Crippen LogP contribution in [-0.4, -0.2) is 23.5 Å². The molecule has 196 valence electrons. The van der Waals surface area contributed by atoms with Crippen LogP contribution in [-0.2, 0) is 27.2 Å². The van der Waals surface area contributed by atoms with Crippen molar-refractivity contribution >= 4 is 23.5 Å². The van der Waals surface area contributed by atoms with Crippen LogP contribution in [0.3, 0.4) is 0 Å². The summed E-state index contributed by atoms with van der Waals surface area (Å²) in [6.45, 7) is 3.65. The number of carbonyl (C=O) groups excluding carboxylic acids is 2. The quantitative estimate of drug-likeness (QED) is 0.309. The molecule has 0 saturated heterocycles. The molecule has 1 aliphatic rings. The van der Waals surface area contributed by atoms with Crippen molar-refractivity contribution in [2.45, 2.75) is 63.5 Å². The first-order valence-electron chi connectivity index (χ1n) is 13.1. The van der Waals surface area contributed by atoms with Crippen LogP contribution >= 0.6 is 11.6 Å². The van der Waals surface area contributed by atoms with Gasteiger partial charge >= 0.3 is 5.97 Å². The van der Waals surface area contributed by atoms with E-state index < -0.39 is 5.60 Å². The number of esters is 1. The van der Waals surface area contributed by atoms with E-state index in [0.717, 1.165) is 36.0 Å². The van der Waals surface area contributed by atoms with Crippen molar-refractivity contribution in [3.63, 3.8) is 0 Å². The zero-order chi connectivity index (χ0) is 27.1. The Morgan fingerprint density at radius 2 is 1.76 bits per heavy atom. The van der Waals surface area contributed by atoms with Crippen molar-refractivity contribution in [3.8, 4) is 6.07 Å². The Kier molecular flexibility index (Phi) is 8.86. The lowest BCUT2D eigenvalue weighted by Crippen LogP contribution is -2.53. The monoisotopic (exact) mass is 528 g/mol. The van der Waals surface area contributed by atoms with E-state index in [2.05, 4.69) is 11.4 Å². The van der Waals surface area contributed by atoms with Crippen LogP contribution < -0.4 is 5.32 Å². The molecule has 38 heavy (non-hydrogen) atoms. The lowest BCUT2D eigenvalue weighted by molar-refractivity contribution is -0.173. The molecule has 0 radical (unpaired) electrons. The first-order valence-corrected chi connectivity index (χ1v) is 13.5. The molecule has 0 unspecified atom stereocenters. The van der Waals surface area contributed by atoms with Crippen LogP contribution in [0.5, 0.6) is 0 Å². The number of hydrogen-bond donors (Lipinski definition) is 1. The van der Waals surface area contributed by atoms with Gasteiger partial charge in [-0.15, -0.1) is 0 Å². The van der Waals surface area contributed by atoms with E-state index in [4.69, 9.17) is 16.3 Å². The van der Waals surface area contributed by atoms with Gasteiger partial charge in [0.2, 0.25) is 0 Å². The maximum absolute atomic E-state index is 13.8. The molecule has 4 rings (SSSR count). The third-order valence-electron chi connectivity index (χ3n) is 7.40. The average molecular weight is 529 g/mol. The topological polar surface area (TPSA) is 79.2 Å². The van der Waals surface area contributed by atoms with Crippen LogP contribution in [0.25, 0.3) is 0 Å². The predicted octanol–water partition coefficient (Wildman–Crippen LogP) is 6.39. The molecule has 3 aromatic rings. The van der Waals surface area contributed by atoms with Crippen molar-refractivity contribution in [2.75, 3.05) is 0 Å². The zero-order valence-corrected chi connectivity index (χ0v) is 22.6. The normalized spacial score (nSPS) is 16.3. The van der Waals surface area contributed by atoms with Crippen LogP contribution in [0.4, 0.5) is 0 Å². The average Bonchev–Trinajstić information content (AvgIpc) is 2.87. The Morgan fingerprint density at radius 1 is 1.05 bits per heavy atom. The third kappa shape index (κ3) is 6.82. The highest BCUT2D eigenvalue weighted by atomic mass is 35.5. The van der Waals surface area contributed by atoms with E-state index in [1.54, 1.807) is 13.0 Å². The summed E-state index contributed by atoms with van der Waals surface area (Å²) in [7, 11) is 0. The van der Waals surface area contributed by atoms with Gasteiger partial charge < -0.3 is 10.1 Å². The Hall–Kier alpha value is -3.62. The summed E-state index contributed by atoms with van der Waals surface area (Å²) in [4.78, 5) is 26.7. The van der Waals surface area contributed by atoms with Gasteiger partial charge in [0.1, 0.15) is 0 Å². The van der Waals surface area contributed by atoms with Gasteiger partial charge in [-0.1, -0.05) is 72.6 Å². The molecule has 1 amide bonds. The van der Waals surface area contributed by atoms with Gasteiger partial charge in [0.05, 0.1) is 17.6 Å². The largest absolute Gasteiger partial charge is 0.449 e. The first kappa shape index (κ1) is 27.4. The fraction of sp³-hybridized carbons (Fsp3) is 0.344. The summed E-state index contributed by atoms with van der Waals surface area (Å²) < 4.78 is 5.95. The lowest BCUT2D eigenvalue weighted by Gasteiger charge is -2.35. The molecule has 6 heteroatoms. The molecule has 0 aliphatic heterocycles. The summed E-state index contributed by atoms with van der Waals surface area (Å²) in [6, 6.07) is 26.6. The van der Waals surface area contributed by atoms with Crippen molar-refractivity contribution in [1.29, 1.82) is 5.26 Å². The minimum atomic E-state index is -1.36. The van der Waals surface area contributed by atoms with E-state index in [1.165, 1.54) is 0 Å². The van der Waals surface area contributed by atoms with Gasteiger partial charge in [-0.25, -0.2) is 0 Å². The molecular weight excluding hydrogens is 496 g/mol. The molecule has 1 fully saturated rings. The number of nitriles is 1. The van der Waals surface area contributed by atoms with Crippen molar-refractivity contribution in [3.05, 3.63) is 106 Å². The molecule has 3 aromatic carbocycles. The summed E-state index contributed by atoms with van der Waals surface area (Å²) >= 11 is 6.10. The van der Waals surface area contributed by atoms with E-state index in [-0.39, 0.29) is 36.2 Å². The van der Waals surface area contributed by atoms with Gasteiger partial charge in [-0.05, 0) is 74.1 Å². The molecule has 1 N–H and O–H groups in total. The molecule has 1 aliphatic carbocycles. The SMILES string of the molecule is C[C@H](NC(=O)[C@](C)(Cc1ccccc1)OC(=O)C1CCC1)[C@@H](Cc1ccc(Cl)cc1)c1cccc(C#N)c1. The standard InChI is InChI=1S/C32H33ClN2O3/c1-22(29(19-23-14-16-28(33)17-15-23)27-13-6-10-25(18-27)21-34)35-31(37)32(2,20-24-8-4-3-5-9-24)38-30(36)26-11-7-12-26/h3-6,8-10,13-18,22,26,29H,7,11-12,19-20H2,1-2H3,(H,35,37)/t22-,29+,32-/m0/s1. The maximum atomic E-state index is 13.8. The minimum Gasteiger partial charge on any atom is -0.449 e. The molecule has 5 nitrogen and oxygen atoms in total. The molecule has 1 saturated carbocycles. The number of carbonyl (C=O) groups is 2. The highest BCUT2D eigenvalue weighted by molar-refractivity contribution is 6.30. The number of ether oxygens (including phenoxy) is 1. The Labute approximate surface area is 229 Å². The van der Waals surface area contributed by atoms with Crippen LogP contribution in [0, 0.1) is 17.2 Å². The second kappa shape index (κ2) is 12.3. The minimum absolute atomic E-state index is 0.128. The molecule has 0 bridgehead atoms. The second-order valence-electron chi connectivity index (χ2n) is 10.4. The van der Waals surface area contributed by atoms with Gasteiger partial charge in [-0.2, -0.15) is 5.26 Å². The fourth-order valence-electron chi connectivity index (χ4n) is 4.85. The number of benzene rings is 3. The Bertz CT molecular complexity index is 1300. The second-order valence-corrected chi connectivity index (χ2v) is 10.8. The summed E-state index contributed by atoms with van der Waals surface area (Å²) in [5.41, 5.74) is 2.13. The molecule has 3 atom stereocenters. The highest BCUT2D eigenvalue weighted by Crippen LogP contribution is 2.31. The van der Waals surface area contributed by atoms with E-state index in [9.17, 15) is 14.9 Å². The van der Waals surface area contributed by atoms with Crippen LogP contribution in [0.2, 0.25) is 5.02 Å². The number of amides is 1. The highest BCUT2D eigenvalue weighted by Gasteiger charge is 2.41. The van der Waals surface area contributed by atoms with Gasteiger partial charge in [0.15, 0.2) is 5.60 Å². The van der Waals surface area contributed by atoms with Gasteiger partial charge in [0, 0.05) is 23.4 Å². The van der Waals surface area contributed by atoms with Crippen molar-refractivity contribution < 1.29 is 14.3 Å². The zero-order valence-electron chi connectivity index (χ0n) is 21.8. The van der Waals surface area contributed by atoms with Crippen LogP contribution in [0.15, 0.2) is 78.9 Å². The van der Waals surface area contributed by atoms with E-state index in [1.807, 2.05) is 79.7 Å². The van der Waals surface area contributed by atoms with E-state index in [0.29, 0.717) is 17.0 Å².